The van der Waals surface area contributed by atoms with Crippen LogP contribution in [0.2, 0.25) is 0 Å². The monoisotopic (exact) mass is 386 g/mol. The van der Waals surface area contributed by atoms with Crippen LogP contribution in [0.25, 0.3) is 0 Å². The molecule has 6 nitrogen and oxygen atoms in total. The molecule has 1 aromatic carbocycles. The molecule has 0 bridgehead atoms. The summed E-state index contributed by atoms with van der Waals surface area (Å²) in [6.45, 7) is 5.12. The molecule has 0 spiro atoms. The van der Waals surface area contributed by atoms with Gasteiger partial charge in [-0.25, -0.2) is 4.39 Å². The predicted molar refractivity (Wildman–Crippen MR) is 86.8 cm³/mol. The lowest BCUT2D eigenvalue weighted by atomic mass is 10.3. The summed E-state index contributed by atoms with van der Waals surface area (Å²) in [5.74, 6) is -0.367. The fourth-order valence-electron chi connectivity index (χ4n) is 1.70. The lowest BCUT2D eigenvalue weighted by molar-refractivity contribution is 0.197. The molecule has 0 saturated carbocycles. The summed E-state index contributed by atoms with van der Waals surface area (Å²) in [7, 11) is -8.15. The zero-order valence-corrected chi connectivity index (χ0v) is 15.7. The van der Waals surface area contributed by atoms with E-state index < -0.39 is 34.8 Å². The van der Waals surface area contributed by atoms with Gasteiger partial charge in [0.1, 0.15) is 10.7 Å². The number of halogens is 1. The van der Waals surface area contributed by atoms with Gasteiger partial charge in [0, 0.05) is 4.90 Å². The molecule has 23 heavy (non-hydrogen) atoms. The van der Waals surface area contributed by atoms with Crippen molar-refractivity contribution in [2.75, 3.05) is 25.3 Å². The van der Waals surface area contributed by atoms with Crippen LogP contribution >= 0.6 is 19.4 Å². The molecule has 0 N–H and O–H groups in total. The molecule has 0 aromatic heterocycles. The van der Waals surface area contributed by atoms with Crippen LogP contribution in [0.15, 0.2) is 28.0 Å². The van der Waals surface area contributed by atoms with E-state index in [2.05, 4.69) is 0 Å². The van der Waals surface area contributed by atoms with Crippen molar-refractivity contribution < 1.29 is 30.6 Å². The van der Waals surface area contributed by atoms with E-state index in [0.717, 1.165) is 6.07 Å². The highest BCUT2D eigenvalue weighted by atomic mass is 32.2. The first-order valence-electron chi connectivity index (χ1n) is 6.98. The summed E-state index contributed by atoms with van der Waals surface area (Å²) in [4.78, 5) is -0.332. The van der Waals surface area contributed by atoms with E-state index in [-0.39, 0.29) is 18.1 Å². The van der Waals surface area contributed by atoms with Crippen LogP contribution in [0.3, 0.4) is 0 Å². The van der Waals surface area contributed by atoms with E-state index in [9.17, 15) is 17.4 Å². The van der Waals surface area contributed by atoms with E-state index in [0.29, 0.717) is 5.75 Å². The Morgan fingerprint density at radius 1 is 1.17 bits per heavy atom. The number of hydrogen-bond donors (Lipinski definition) is 0. The Morgan fingerprint density at radius 2 is 1.78 bits per heavy atom. The average Bonchev–Trinajstić information content (AvgIpc) is 2.46. The second kappa shape index (κ2) is 9.15. The van der Waals surface area contributed by atoms with Crippen molar-refractivity contribution in [1.82, 2.24) is 0 Å². The molecule has 0 aliphatic heterocycles. The van der Waals surface area contributed by atoms with Gasteiger partial charge < -0.3 is 9.05 Å². The zero-order valence-electron chi connectivity index (χ0n) is 13.2. The highest BCUT2D eigenvalue weighted by Crippen LogP contribution is 2.48. The van der Waals surface area contributed by atoms with E-state index in [4.69, 9.17) is 13.2 Å². The topological polar surface area (TPSA) is 78.9 Å². The maximum Gasteiger partial charge on any atom is 0.357 e. The standard InChI is InChI=1S/C13H20FO6PS2/c1-4-18-21(15,19-5-2)10-20-23(16,17)13-11(14)8-7-9-12(13)22-6-3/h7-9H,4-6,10H2,1-3H3. The SMILES string of the molecule is CCOP(=O)(COS(=O)(=O)c1c(F)cccc1SCC)OCC. The van der Waals surface area contributed by atoms with Crippen LogP contribution in [-0.4, -0.2) is 33.7 Å². The van der Waals surface area contributed by atoms with E-state index in [1.165, 1.54) is 23.9 Å². The Bertz CT molecular complexity index is 654. The molecule has 0 aliphatic rings. The molecular weight excluding hydrogens is 366 g/mol. The molecule has 0 atom stereocenters. The van der Waals surface area contributed by atoms with Crippen molar-refractivity contribution in [2.45, 2.75) is 30.6 Å². The molecule has 0 heterocycles. The molecule has 0 fully saturated rings. The largest absolute Gasteiger partial charge is 0.357 e. The normalized spacial score (nSPS) is 12.5. The first-order chi connectivity index (χ1) is 10.8. The van der Waals surface area contributed by atoms with E-state index >= 15 is 0 Å². The van der Waals surface area contributed by atoms with Gasteiger partial charge >= 0.3 is 17.7 Å². The summed E-state index contributed by atoms with van der Waals surface area (Å²) >= 11 is 1.17. The fourth-order valence-corrected chi connectivity index (χ4v) is 5.72. The van der Waals surface area contributed by atoms with Crippen molar-refractivity contribution >= 4 is 29.5 Å². The molecule has 0 radical (unpaired) electrons. The number of rotatable bonds is 10. The summed E-state index contributed by atoms with van der Waals surface area (Å²) < 4.78 is 65.5. The summed E-state index contributed by atoms with van der Waals surface area (Å²) in [6.07, 6.45) is -0.804. The Labute approximate surface area is 140 Å². The second-order valence-electron chi connectivity index (χ2n) is 4.15. The van der Waals surface area contributed by atoms with Crippen LogP contribution in [-0.2, 0) is 27.9 Å². The quantitative estimate of drug-likeness (QED) is 0.343. The Balaban J connectivity index is 3.06. The first-order valence-corrected chi connectivity index (χ1v) is 11.1. The average molecular weight is 386 g/mol. The van der Waals surface area contributed by atoms with Gasteiger partial charge in [-0.1, -0.05) is 13.0 Å². The third kappa shape index (κ3) is 5.85. The second-order valence-corrected chi connectivity index (χ2v) is 9.00. The molecular formula is C13H20FO6PS2. The van der Waals surface area contributed by atoms with Gasteiger partial charge in [0.15, 0.2) is 6.35 Å². The highest BCUT2D eigenvalue weighted by Gasteiger charge is 2.31. The van der Waals surface area contributed by atoms with Gasteiger partial charge in [-0.05, 0) is 31.7 Å². The van der Waals surface area contributed by atoms with E-state index in [1.807, 2.05) is 6.92 Å². The predicted octanol–water partition coefficient (Wildman–Crippen LogP) is 3.87. The number of hydrogen-bond acceptors (Lipinski definition) is 7. The molecule has 1 aromatic rings. The van der Waals surface area contributed by atoms with Gasteiger partial charge in [0.25, 0.3) is 0 Å². The van der Waals surface area contributed by atoms with Crippen LogP contribution in [0.1, 0.15) is 20.8 Å². The first kappa shape index (κ1) is 20.6. The maximum absolute atomic E-state index is 14.0. The van der Waals surface area contributed by atoms with Crippen LogP contribution in [0.5, 0.6) is 0 Å². The van der Waals surface area contributed by atoms with Gasteiger partial charge in [0.2, 0.25) is 0 Å². The lowest BCUT2D eigenvalue weighted by Crippen LogP contribution is -2.13. The molecule has 132 valence electrons. The van der Waals surface area contributed by atoms with Gasteiger partial charge in [0.05, 0.1) is 13.2 Å². The maximum atomic E-state index is 14.0. The number of thioether (sulfide) groups is 1. The highest BCUT2D eigenvalue weighted by molar-refractivity contribution is 8.00. The van der Waals surface area contributed by atoms with E-state index in [1.54, 1.807) is 13.8 Å². The summed E-state index contributed by atoms with van der Waals surface area (Å²) in [5, 5.41) is 0. The van der Waals surface area contributed by atoms with Crippen LogP contribution in [0, 0.1) is 5.82 Å². The van der Waals surface area contributed by atoms with Gasteiger partial charge in [-0.2, -0.15) is 8.42 Å². The van der Waals surface area contributed by atoms with Crippen LogP contribution < -0.4 is 0 Å². The molecule has 0 saturated heterocycles. The minimum Gasteiger partial charge on any atom is -0.307 e. The Kier molecular flexibility index (Phi) is 8.20. The van der Waals surface area contributed by atoms with Crippen LogP contribution in [0.4, 0.5) is 4.39 Å². The molecule has 1 rings (SSSR count). The smallest absolute Gasteiger partial charge is 0.307 e. The summed E-state index contributed by atoms with van der Waals surface area (Å²) in [5.41, 5.74) is 0. The Morgan fingerprint density at radius 3 is 2.30 bits per heavy atom. The van der Waals surface area contributed by atoms with Gasteiger partial charge in [-0.15, -0.1) is 11.8 Å². The van der Waals surface area contributed by atoms with Crippen molar-refractivity contribution in [3.05, 3.63) is 24.0 Å². The minimum absolute atomic E-state index is 0.0668. The van der Waals surface area contributed by atoms with Crippen molar-refractivity contribution in [3.8, 4) is 0 Å². The third-order valence-corrected chi connectivity index (χ3v) is 6.83. The van der Waals surface area contributed by atoms with Crippen molar-refractivity contribution in [2.24, 2.45) is 0 Å². The molecule has 0 aliphatic carbocycles. The lowest BCUT2D eigenvalue weighted by Gasteiger charge is -2.17. The van der Waals surface area contributed by atoms with Crippen molar-refractivity contribution in [1.29, 1.82) is 0 Å². The molecule has 10 heteroatoms. The number of benzene rings is 1. The minimum atomic E-state index is -4.44. The molecule has 0 amide bonds. The third-order valence-electron chi connectivity index (χ3n) is 2.50. The van der Waals surface area contributed by atoms with Crippen molar-refractivity contribution in [3.63, 3.8) is 0 Å². The molecule has 0 unspecified atom stereocenters. The summed E-state index contributed by atoms with van der Waals surface area (Å²) in [6, 6.07) is 3.93. The zero-order chi connectivity index (χ0) is 17.5. The Hall–Kier alpha value is -0.440. The fraction of sp³-hybridized carbons (Fsp3) is 0.538. The van der Waals surface area contributed by atoms with Gasteiger partial charge in [-0.3, -0.25) is 8.75 Å².